The molecule has 7 nitrogen and oxygen atoms in total. The summed E-state index contributed by atoms with van der Waals surface area (Å²) < 4.78 is 69.2. The van der Waals surface area contributed by atoms with E-state index in [1.165, 1.54) is 31.4 Å². The van der Waals surface area contributed by atoms with Gasteiger partial charge in [-0.15, -0.1) is 13.2 Å². The summed E-state index contributed by atoms with van der Waals surface area (Å²) in [6.45, 7) is 1.74. The number of methoxy groups -OCH3 is 1. The van der Waals surface area contributed by atoms with E-state index >= 15 is 0 Å². The second kappa shape index (κ2) is 8.05. The lowest BCUT2D eigenvalue weighted by molar-refractivity contribution is -0.213. The van der Waals surface area contributed by atoms with Crippen molar-refractivity contribution in [1.82, 2.24) is 9.78 Å². The van der Waals surface area contributed by atoms with Gasteiger partial charge in [-0.1, -0.05) is 18.2 Å². The number of rotatable bonds is 5. The number of nitriles is 1. The molecule has 0 aliphatic heterocycles. The number of halogens is 3. The Bertz CT molecular complexity index is 1270. The number of aromatic nitrogens is 2. The molecule has 31 heavy (non-hydrogen) atoms. The van der Waals surface area contributed by atoms with Crippen molar-refractivity contribution in [3.05, 3.63) is 53.7 Å². The first-order valence-corrected chi connectivity index (χ1v) is 10.4. The predicted molar refractivity (Wildman–Crippen MR) is 106 cm³/mol. The number of hydrogen-bond donors (Lipinski definition) is 1. The van der Waals surface area contributed by atoms with Crippen LogP contribution < -0.4 is 9.88 Å². The van der Waals surface area contributed by atoms with E-state index in [0.717, 1.165) is 0 Å². The van der Waals surface area contributed by atoms with Gasteiger partial charge in [-0.25, -0.2) is 13.6 Å². The van der Waals surface area contributed by atoms with Crippen molar-refractivity contribution < 1.29 is 26.3 Å². The van der Waals surface area contributed by atoms with E-state index in [0.29, 0.717) is 16.9 Å². The summed E-state index contributed by atoms with van der Waals surface area (Å²) in [5, 5.41) is 18.0. The van der Waals surface area contributed by atoms with Gasteiger partial charge in [0, 0.05) is 11.1 Å². The lowest BCUT2D eigenvalue weighted by Gasteiger charge is -2.11. The summed E-state index contributed by atoms with van der Waals surface area (Å²) in [6.07, 6.45) is -5.40. The molecule has 1 heterocycles. The van der Waals surface area contributed by atoms with E-state index < -0.39 is 22.7 Å². The Hall–Kier alpha value is -3.36. The maximum Gasteiger partial charge on any atom is 0.504 e. The van der Waals surface area contributed by atoms with Crippen molar-refractivity contribution in [2.24, 2.45) is 5.14 Å². The van der Waals surface area contributed by atoms with E-state index in [-0.39, 0.29) is 32.1 Å². The number of ether oxygens (including phenoxy) is 1. The van der Waals surface area contributed by atoms with Gasteiger partial charge in [0.15, 0.2) is 0 Å². The quantitative estimate of drug-likeness (QED) is 0.637. The van der Waals surface area contributed by atoms with Crippen LogP contribution >= 0.6 is 0 Å². The standard InChI is InChI=1S/C20H17F3N4O3S/c1-12-11-14(5-8-17(12)30-2)18-16(9-10-24)27(20(21,22)23)26-19(18)13-3-6-15(7-4-13)31(25,28)29/h3-8,11H,9H2,1-2H3,(H2,25,28,29). The highest BCUT2D eigenvalue weighted by atomic mass is 32.2. The van der Waals surface area contributed by atoms with E-state index in [2.05, 4.69) is 5.10 Å². The monoisotopic (exact) mass is 450 g/mol. The van der Waals surface area contributed by atoms with Crippen LogP contribution in [0.15, 0.2) is 47.4 Å². The first-order valence-electron chi connectivity index (χ1n) is 8.81. The molecule has 162 valence electrons. The van der Waals surface area contributed by atoms with Crippen molar-refractivity contribution in [2.45, 2.75) is 24.5 Å². The van der Waals surface area contributed by atoms with Gasteiger partial charge in [0.05, 0.1) is 30.2 Å². The highest BCUT2D eigenvalue weighted by Crippen LogP contribution is 2.39. The zero-order valence-electron chi connectivity index (χ0n) is 16.4. The van der Waals surface area contributed by atoms with Crippen molar-refractivity contribution in [2.75, 3.05) is 7.11 Å². The minimum absolute atomic E-state index is 0.0480. The fourth-order valence-corrected chi connectivity index (χ4v) is 3.76. The second-order valence-electron chi connectivity index (χ2n) is 6.64. The molecule has 0 aliphatic rings. The van der Waals surface area contributed by atoms with Gasteiger partial charge < -0.3 is 4.74 Å². The Morgan fingerprint density at radius 1 is 1.16 bits per heavy atom. The highest BCUT2D eigenvalue weighted by Gasteiger charge is 2.37. The third-order valence-electron chi connectivity index (χ3n) is 4.61. The van der Waals surface area contributed by atoms with Crippen LogP contribution in [0.25, 0.3) is 22.4 Å². The van der Waals surface area contributed by atoms with E-state index in [4.69, 9.17) is 15.1 Å². The fourth-order valence-electron chi connectivity index (χ4n) is 3.24. The van der Waals surface area contributed by atoms with Crippen molar-refractivity contribution in [3.8, 4) is 34.2 Å². The Balaban J connectivity index is 2.33. The van der Waals surface area contributed by atoms with E-state index in [9.17, 15) is 21.6 Å². The molecule has 2 aromatic carbocycles. The van der Waals surface area contributed by atoms with Crippen LogP contribution in [0.2, 0.25) is 0 Å². The summed E-state index contributed by atoms with van der Waals surface area (Å²) in [5.74, 6) is 0.549. The van der Waals surface area contributed by atoms with Gasteiger partial charge in [-0.05, 0) is 42.3 Å². The fraction of sp³-hybridized carbons (Fsp3) is 0.200. The second-order valence-corrected chi connectivity index (χ2v) is 8.20. The van der Waals surface area contributed by atoms with Gasteiger partial charge in [0.1, 0.15) is 11.4 Å². The molecule has 2 N–H and O–H groups in total. The van der Waals surface area contributed by atoms with E-state index in [1.54, 1.807) is 31.2 Å². The third kappa shape index (κ3) is 4.40. The summed E-state index contributed by atoms with van der Waals surface area (Å²) in [5.41, 5.74) is 1.06. The van der Waals surface area contributed by atoms with Gasteiger partial charge in [0.25, 0.3) is 0 Å². The zero-order chi connectivity index (χ0) is 23.0. The van der Waals surface area contributed by atoms with Crippen molar-refractivity contribution in [1.29, 1.82) is 5.26 Å². The number of sulfonamides is 1. The minimum atomic E-state index is -4.86. The van der Waals surface area contributed by atoms with E-state index in [1.807, 2.05) is 0 Å². The van der Waals surface area contributed by atoms with Gasteiger partial charge in [-0.3, -0.25) is 0 Å². The third-order valence-corrected chi connectivity index (χ3v) is 5.54. The molecule has 3 rings (SSSR count). The molecule has 0 amide bonds. The molecule has 0 unspecified atom stereocenters. The summed E-state index contributed by atoms with van der Waals surface area (Å²) in [6, 6.07) is 11.6. The number of nitrogens with two attached hydrogens (primary N) is 1. The van der Waals surface area contributed by atoms with Crippen LogP contribution in [0.3, 0.4) is 0 Å². The summed E-state index contributed by atoms with van der Waals surface area (Å²) in [4.78, 5) is -0.189. The first kappa shape index (κ1) is 22.3. The van der Waals surface area contributed by atoms with Gasteiger partial charge >= 0.3 is 6.30 Å². The molecule has 11 heteroatoms. The molecule has 0 saturated heterocycles. The molecule has 3 aromatic rings. The number of primary sulfonamides is 1. The average molecular weight is 450 g/mol. The normalized spacial score (nSPS) is 11.9. The number of nitrogens with zero attached hydrogens (tertiary/aromatic N) is 3. The van der Waals surface area contributed by atoms with Crippen LogP contribution in [-0.4, -0.2) is 25.3 Å². The number of alkyl halides is 3. The number of benzene rings is 2. The molecule has 0 radical (unpaired) electrons. The molecule has 0 atom stereocenters. The van der Waals surface area contributed by atoms with Crippen LogP contribution in [-0.2, 0) is 22.7 Å². The van der Waals surface area contributed by atoms with Crippen molar-refractivity contribution >= 4 is 10.0 Å². The van der Waals surface area contributed by atoms with Crippen molar-refractivity contribution in [3.63, 3.8) is 0 Å². The minimum Gasteiger partial charge on any atom is -0.496 e. The molecule has 0 fully saturated rings. The zero-order valence-corrected chi connectivity index (χ0v) is 17.3. The van der Waals surface area contributed by atoms with Crippen LogP contribution in [0, 0.1) is 18.3 Å². The Morgan fingerprint density at radius 2 is 1.77 bits per heavy atom. The lowest BCUT2D eigenvalue weighted by atomic mass is 9.96. The van der Waals surface area contributed by atoms with Crippen LogP contribution in [0.4, 0.5) is 13.2 Å². The van der Waals surface area contributed by atoms with Gasteiger partial charge in [-0.2, -0.15) is 15.0 Å². The molecule has 1 aromatic heterocycles. The smallest absolute Gasteiger partial charge is 0.496 e. The number of hydrogen-bond acceptors (Lipinski definition) is 5. The molecule has 0 spiro atoms. The molecule has 0 bridgehead atoms. The Kier molecular flexibility index (Phi) is 5.80. The Labute approximate surface area is 176 Å². The Morgan fingerprint density at radius 3 is 2.26 bits per heavy atom. The maximum absolute atomic E-state index is 13.7. The first-order chi connectivity index (χ1) is 14.5. The average Bonchev–Trinajstić information content (AvgIpc) is 3.07. The van der Waals surface area contributed by atoms with Crippen LogP contribution in [0.1, 0.15) is 11.3 Å². The summed E-state index contributed by atoms with van der Waals surface area (Å²) in [7, 11) is -2.50. The SMILES string of the molecule is COc1ccc(-c2c(-c3ccc(S(N)(=O)=O)cc3)nn(C(F)(F)F)c2CC#N)cc1C. The number of aryl methyl sites for hydroxylation is 1. The largest absolute Gasteiger partial charge is 0.504 e. The molecule has 0 saturated carbocycles. The highest BCUT2D eigenvalue weighted by molar-refractivity contribution is 7.89. The van der Waals surface area contributed by atoms with Crippen LogP contribution in [0.5, 0.6) is 5.75 Å². The van der Waals surface area contributed by atoms with Gasteiger partial charge in [0.2, 0.25) is 10.0 Å². The summed E-state index contributed by atoms with van der Waals surface area (Å²) >= 11 is 0. The predicted octanol–water partition coefficient (Wildman–Crippen LogP) is 3.72. The lowest BCUT2D eigenvalue weighted by Crippen LogP contribution is -2.21. The maximum atomic E-state index is 13.7. The molecular formula is C20H17F3N4O3S. The molecule has 0 aliphatic carbocycles. The topological polar surface area (TPSA) is 111 Å². The molecular weight excluding hydrogens is 433 g/mol.